The van der Waals surface area contributed by atoms with Crippen molar-refractivity contribution in [2.24, 2.45) is 11.7 Å². The number of carbonyl (C=O) groups is 1. The summed E-state index contributed by atoms with van der Waals surface area (Å²) in [5.74, 6) is -0.183. The van der Waals surface area contributed by atoms with E-state index in [4.69, 9.17) is 10.5 Å². The molecule has 1 saturated heterocycles. The second-order valence-corrected chi connectivity index (χ2v) is 4.26. The maximum atomic E-state index is 11.4. The normalized spacial score (nSPS) is 29.2. The van der Waals surface area contributed by atoms with Crippen LogP contribution >= 0.6 is 0 Å². The number of ether oxygens (including phenoxy) is 1. The van der Waals surface area contributed by atoms with Crippen molar-refractivity contribution in [3.05, 3.63) is 0 Å². The van der Waals surface area contributed by atoms with Crippen LogP contribution in [0.5, 0.6) is 0 Å². The molecule has 4 nitrogen and oxygen atoms in total. The SMILES string of the molecule is COC(=O)C1CC(N)CN(C(C)C)C1. The van der Waals surface area contributed by atoms with E-state index >= 15 is 0 Å². The number of rotatable bonds is 2. The van der Waals surface area contributed by atoms with Gasteiger partial charge in [0.2, 0.25) is 0 Å². The molecule has 0 radical (unpaired) electrons. The number of nitrogens with two attached hydrogens (primary N) is 1. The van der Waals surface area contributed by atoms with Crippen LogP contribution in [0.15, 0.2) is 0 Å². The second-order valence-electron chi connectivity index (χ2n) is 4.26. The molecular weight excluding hydrogens is 180 g/mol. The number of methoxy groups -OCH3 is 1. The van der Waals surface area contributed by atoms with E-state index in [2.05, 4.69) is 18.7 Å². The fourth-order valence-corrected chi connectivity index (χ4v) is 1.93. The average molecular weight is 200 g/mol. The van der Waals surface area contributed by atoms with Crippen LogP contribution in [0.3, 0.4) is 0 Å². The molecule has 4 heteroatoms. The van der Waals surface area contributed by atoms with Crippen LogP contribution in [0.25, 0.3) is 0 Å². The molecule has 0 aromatic heterocycles. The highest BCUT2D eigenvalue weighted by molar-refractivity contribution is 5.72. The van der Waals surface area contributed by atoms with Gasteiger partial charge in [-0.2, -0.15) is 0 Å². The number of hydrogen-bond donors (Lipinski definition) is 1. The van der Waals surface area contributed by atoms with Gasteiger partial charge in [0.05, 0.1) is 13.0 Å². The molecule has 82 valence electrons. The lowest BCUT2D eigenvalue weighted by Gasteiger charge is -2.37. The van der Waals surface area contributed by atoms with Crippen molar-refractivity contribution in [1.29, 1.82) is 0 Å². The number of nitrogens with zero attached hydrogens (tertiary/aromatic N) is 1. The summed E-state index contributed by atoms with van der Waals surface area (Å²) >= 11 is 0. The molecule has 0 amide bonds. The van der Waals surface area contributed by atoms with Gasteiger partial charge in [-0.25, -0.2) is 0 Å². The molecule has 2 atom stereocenters. The van der Waals surface area contributed by atoms with Crippen LogP contribution in [-0.4, -0.2) is 43.2 Å². The van der Waals surface area contributed by atoms with Gasteiger partial charge >= 0.3 is 5.97 Å². The Bertz CT molecular complexity index is 206. The largest absolute Gasteiger partial charge is 0.469 e. The van der Waals surface area contributed by atoms with Gasteiger partial charge < -0.3 is 10.5 Å². The minimum Gasteiger partial charge on any atom is -0.469 e. The number of likely N-dealkylation sites (tertiary alicyclic amines) is 1. The van der Waals surface area contributed by atoms with Crippen LogP contribution < -0.4 is 5.73 Å². The Balaban J connectivity index is 2.58. The van der Waals surface area contributed by atoms with Gasteiger partial charge in [-0.3, -0.25) is 9.69 Å². The third kappa shape index (κ3) is 2.69. The van der Waals surface area contributed by atoms with Gasteiger partial charge in [0, 0.05) is 25.2 Å². The van der Waals surface area contributed by atoms with Crippen molar-refractivity contribution < 1.29 is 9.53 Å². The summed E-state index contributed by atoms with van der Waals surface area (Å²) in [4.78, 5) is 13.6. The van der Waals surface area contributed by atoms with Gasteiger partial charge in [0.25, 0.3) is 0 Å². The van der Waals surface area contributed by atoms with E-state index in [9.17, 15) is 4.79 Å². The first kappa shape index (κ1) is 11.5. The van der Waals surface area contributed by atoms with Crippen molar-refractivity contribution in [3.8, 4) is 0 Å². The Morgan fingerprint density at radius 1 is 1.50 bits per heavy atom. The molecular formula is C10H20N2O2. The van der Waals surface area contributed by atoms with Crippen LogP contribution in [0.1, 0.15) is 20.3 Å². The molecule has 1 aliphatic heterocycles. The second kappa shape index (κ2) is 4.75. The summed E-state index contributed by atoms with van der Waals surface area (Å²) in [6.45, 7) is 5.89. The van der Waals surface area contributed by atoms with Gasteiger partial charge in [0.15, 0.2) is 0 Å². The first-order valence-electron chi connectivity index (χ1n) is 5.12. The van der Waals surface area contributed by atoms with Crippen LogP contribution in [0.2, 0.25) is 0 Å². The highest BCUT2D eigenvalue weighted by Gasteiger charge is 2.31. The Labute approximate surface area is 85.4 Å². The van der Waals surface area contributed by atoms with Crippen LogP contribution in [0, 0.1) is 5.92 Å². The molecule has 0 saturated carbocycles. The maximum absolute atomic E-state index is 11.4. The summed E-state index contributed by atoms with van der Waals surface area (Å²) in [5, 5.41) is 0. The van der Waals surface area contributed by atoms with E-state index in [0.717, 1.165) is 19.5 Å². The van der Waals surface area contributed by atoms with E-state index in [1.165, 1.54) is 7.11 Å². The van der Waals surface area contributed by atoms with E-state index in [-0.39, 0.29) is 17.9 Å². The molecule has 0 aliphatic carbocycles. The molecule has 0 aromatic carbocycles. The van der Waals surface area contributed by atoms with Gasteiger partial charge in [-0.1, -0.05) is 0 Å². The van der Waals surface area contributed by atoms with Crippen molar-refractivity contribution in [2.45, 2.75) is 32.4 Å². The summed E-state index contributed by atoms with van der Waals surface area (Å²) in [5.41, 5.74) is 5.90. The molecule has 0 bridgehead atoms. The smallest absolute Gasteiger partial charge is 0.310 e. The van der Waals surface area contributed by atoms with Gasteiger partial charge in [-0.05, 0) is 20.3 Å². The van der Waals surface area contributed by atoms with Crippen LogP contribution in [0.4, 0.5) is 0 Å². The highest BCUT2D eigenvalue weighted by Crippen LogP contribution is 2.18. The first-order chi connectivity index (χ1) is 6.54. The van der Waals surface area contributed by atoms with Crippen molar-refractivity contribution in [3.63, 3.8) is 0 Å². The summed E-state index contributed by atoms with van der Waals surface area (Å²) in [6.07, 6.45) is 0.746. The molecule has 1 fully saturated rings. The fraction of sp³-hybridized carbons (Fsp3) is 0.900. The first-order valence-corrected chi connectivity index (χ1v) is 5.12. The van der Waals surface area contributed by atoms with Crippen molar-refractivity contribution >= 4 is 5.97 Å². The topological polar surface area (TPSA) is 55.6 Å². The predicted molar refractivity (Wildman–Crippen MR) is 54.8 cm³/mol. The Kier molecular flexibility index (Phi) is 3.89. The lowest BCUT2D eigenvalue weighted by Crippen LogP contribution is -2.51. The molecule has 2 N–H and O–H groups in total. The number of hydrogen-bond acceptors (Lipinski definition) is 4. The summed E-state index contributed by atoms with van der Waals surface area (Å²) < 4.78 is 4.74. The number of piperidine rings is 1. The van der Waals surface area contributed by atoms with Crippen molar-refractivity contribution in [1.82, 2.24) is 4.90 Å². The van der Waals surface area contributed by atoms with Crippen LogP contribution in [-0.2, 0) is 9.53 Å². The Morgan fingerprint density at radius 2 is 2.14 bits per heavy atom. The van der Waals surface area contributed by atoms with E-state index < -0.39 is 0 Å². The molecule has 0 aromatic rings. The number of carbonyl (C=O) groups excluding carboxylic acids is 1. The van der Waals surface area contributed by atoms with E-state index in [1.807, 2.05) is 0 Å². The minimum absolute atomic E-state index is 0.0499. The molecule has 1 heterocycles. The van der Waals surface area contributed by atoms with E-state index in [1.54, 1.807) is 0 Å². The Morgan fingerprint density at radius 3 is 2.64 bits per heavy atom. The lowest BCUT2D eigenvalue weighted by molar-refractivity contribution is -0.147. The molecule has 14 heavy (non-hydrogen) atoms. The van der Waals surface area contributed by atoms with Crippen molar-refractivity contribution in [2.75, 3.05) is 20.2 Å². The Hall–Kier alpha value is -0.610. The quantitative estimate of drug-likeness (QED) is 0.648. The molecule has 2 unspecified atom stereocenters. The number of esters is 1. The highest BCUT2D eigenvalue weighted by atomic mass is 16.5. The summed E-state index contributed by atoms with van der Waals surface area (Å²) in [6, 6.07) is 0.531. The fourth-order valence-electron chi connectivity index (χ4n) is 1.93. The van der Waals surface area contributed by atoms with Gasteiger partial charge in [-0.15, -0.1) is 0 Å². The summed E-state index contributed by atoms with van der Waals surface area (Å²) in [7, 11) is 1.43. The molecule has 1 aliphatic rings. The standard InChI is InChI=1S/C10H20N2O2/c1-7(2)12-5-8(10(13)14-3)4-9(11)6-12/h7-9H,4-6,11H2,1-3H3. The van der Waals surface area contributed by atoms with Gasteiger partial charge in [0.1, 0.15) is 0 Å². The molecule has 1 rings (SSSR count). The molecule has 0 spiro atoms. The van der Waals surface area contributed by atoms with E-state index in [0.29, 0.717) is 6.04 Å². The third-order valence-electron chi connectivity index (χ3n) is 2.78. The maximum Gasteiger partial charge on any atom is 0.310 e. The predicted octanol–water partition coefficient (Wildman–Crippen LogP) is 0.217. The lowest BCUT2D eigenvalue weighted by atomic mass is 9.94. The zero-order valence-electron chi connectivity index (χ0n) is 9.19. The average Bonchev–Trinajstić information content (AvgIpc) is 2.15. The zero-order valence-corrected chi connectivity index (χ0v) is 9.19. The minimum atomic E-state index is -0.134. The third-order valence-corrected chi connectivity index (χ3v) is 2.78. The monoisotopic (exact) mass is 200 g/mol. The zero-order chi connectivity index (χ0) is 10.7.